The number of nitrogens with zero attached hydrogens (tertiary/aromatic N) is 1. The highest BCUT2D eigenvalue weighted by molar-refractivity contribution is 5.80. The lowest BCUT2D eigenvalue weighted by atomic mass is 9.87. The summed E-state index contributed by atoms with van der Waals surface area (Å²) >= 11 is 0. The molecular formula is C25H28N2O. The number of hydrazone groups is 1. The summed E-state index contributed by atoms with van der Waals surface area (Å²) in [5.74, 6) is 1.65. The van der Waals surface area contributed by atoms with Gasteiger partial charge in [-0.25, -0.2) is 0 Å². The first-order chi connectivity index (χ1) is 13.3. The Kier molecular flexibility index (Phi) is 5.84. The molecule has 0 radical (unpaired) electrons. The number of ether oxygens (including phenoxy) is 1. The average Bonchev–Trinajstić information content (AvgIpc) is 2.66. The summed E-state index contributed by atoms with van der Waals surface area (Å²) < 4.78 is 5.94. The Balaban J connectivity index is 1.59. The molecule has 0 saturated heterocycles. The van der Waals surface area contributed by atoms with Crippen LogP contribution in [0.15, 0.2) is 71.8 Å². The van der Waals surface area contributed by atoms with Gasteiger partial charge in [-0.3, -0.25) is 5.43 Å². The van der Waals surface area contributed by atoms with Gasteiger partial charge in [0.15, 0.2) is 0 Å². The van der Waals surface area contributed by atoms with E-state index in [4.69, 9.17) is 4.74 Å². The van der Waals surface area contributed by atoms with Crippen molar-refractivity contribution in [3.05, 3.63) is 89.0 Å². The Labute approximate surface area is 168 Å². The molecule has 3 nitrogen and oxygen atoms in total. The van der Waals surface area contributed by atoms with Crippen LogP contribution < -0.4 is 10.2 Å². The van der Waals surface area contributed by atoms with Crippen molar-refractivity contribution < 1.29 is 4.74 Å². The van der Waals surface area contributed by atoms with Crippen LogP contribution in [0, 0.1) is 13.8 Å². The van der Waals surface area contributed by atoms with E-state index in [0.717, 1.165) is 22.7 Å². The maximum absolute atomic E-state index is 5.94. The molecule has 0 amide bonds. The summed E-state index contributed by atoms with van der Waals surface area (Å²) in [6, 6.07) is 22.4. The molecule has 1 N–H and O–H groups in total. The first kappa shape index (κ1) is 19.7. The molecule has 0 spiro atoms. The maximum atomic E-state index is 5.94. The molecule has 0 aliphatic rings. The van der Waals surface area contributed by atoms with Gasteiger partial charge in [0.2, 0.25) is 0 Å². The van der Waals surface area contributed by atoms with Gasteiger partial charge in [0.1, 0.15) is 11.5 Å². The summed E-state index contributed by atoms with van der Waals surface area (Å²) in [5, 5.41) is 4.31. The summed E-state index contributed by atoms with van der Waals surface area (Å²) in [7, 11) is 0. The topological polar surface area (TPSA) is 33.6 Å². The minimum absolute atomic E-state index is 0.144. The molecule has 0 atom stereocenters. The number of benzene rings is 3. The molecule has 0 fully saturated rings. The van der Waals surface area contributed by atoms with Crippen molar-refractivity contribution in [2.45, 2.75) is 40.0 Å². The second kappa shape index (κ2) is 8.30. The van der Waals surface area contributed by atoms with Gasteiger partial charge in [0.05, 0.1) is 11.9 Å². The van der Waals surface area contributed by atoms with E-state index in [1.54, 1.807) is 6.21 Å². The number of hydrogen-bond acceptors (Lipinski definition) is 3. The number of aryl methyl sites for hydroxylation is 2. The van der Waals surface area contributed by atoms with Crippen molar-refractivity contribution in [2.75, 3.05) is 5.43 Å². The first-order valence-corrected chi connectivity index (χ1v) is 9.56. The predicted molar refractivity (Wildman–Crippen MR) is 119 cm³/mol. The van der Waals surface area contributed by atoms with Crippen LogP contribution >= 0.6 is 0 Å². The number of rotatable bonds is 5. The van der Waals surface area contributed by atoms with E-state index >= 15 is 0 Å². The molecule has 3 aromatic rings. The van der Waals surface area contributed by atoms with Gasteiger partial charge in [0.25, 0.3) is 0 Å². The molecule has 0 aliphatic carbocycles. The van der Waals surface area contributed by atoms with Gasteiger partial charge in [-0.2, -0.15) is 5.10 Å². The fourth-order valence-electron chi connectivity index (χ4n) is 2.77. The Morgan fingerprint density at radius 1 is 0.786 bits per heavy atom. The molecule has 144 valence electrons. The van der Waals surface area contributed by atoms with E-state index in [0.29, 0.717) is 0 Å². The molecule has 3 heteroatoms. The number of nitrogens with one attached hydrogen (secondary N) is 1. The third-order valence-corrected chi connectivity index (χ3v) is 4.75. The third kappa shape index (κ3) is 5.23. The van der Waals surface area contributed by atoms with Crippen molar-refractivity contribution in [3.8, 4) is 11.5 Å². The lowest BCUT2D eigenvalue weighted by Crippen LogP contribution is -2.10. The van der Waals surface area contributed by atoms with E-state index in [9.17, 15) is 0 Å². The van der Waals surface area contributed by atoms with Crippen LogP contribution in [0.25, 0.3) is 0 Å². The summed E-state index contributed by atoms with van der Waals surface area (Å²) in [5.41, 5.74) is 9.02. The molecule has 0 unspecified atom stereocenters. The number of hydrogen-bond donors (Lipinski definition) is 1. The molecule has 3 aromatic carbocycles. The Morgan fingerprint density at radius 3 is 1.96 bits per heavy atom. The van der Waals surface area contributed by atoms with Crippen molar-refractivity contribution in [3.63, 3.8) is 0 Å². The lowest BCUT2D eigenvalue weighted by molar-refractivity contribution is 0.481. The minimum atomic E-state index is 0.144. The Hall–Kier alpha value is -3.07. The molecule has 28 heavy (non-hydrogen) atoms. The smallest absolute Gasteiger partial charge is 0.127 e. The molecule has 0 heterocycles. The lowest BCUT2D eigenvalue weighted by Gasteiger charge is -2.19. The normalized spacial score (nSPS) is 11.6. The summed E-state index contributed by atoms with van der Waals surface area (Å²) in [4.78, 5) is 0. The molecular weight excluding hydrogens is 344 g/mol. The molecule has 0 aromatic heterocycles. The summed E-state index contributed by atoms with van der Waals surface area (Å²) in [6.45, 7) is 10.8. The highest BCUT2D eigenvalue weighted by Crippen LogP contribution is 2.27. The van der Waals surface area contributed by atoms with E-state index in [-0.39, 0.29) is 5.41 Å². The van der Waals surface area contributed by atoms with E-state index < -0.39 is 0 Å². The molecule has 3 rings (SSSR count). The fraction of sp³-hybridized carbons (Fsp3) is 0.240. The summed E-state index contributed by atoms with van der Waals surface area (Å²) in [6.07, 6.45) is 1.80. The van der Waals surface area contributed by atoms with Crippen LogP contribution in [0.1, 0.15) is 43.0 Å². The molecule has 0 aliphatic heterocycles. The SMILES string of the molecule is Cc1ccc(NN=Cc2ccc(Oc3ccc(C(C)(C)C)cc3)cc2)cc1C. The average molecular weight is 373 g/mol. The molecule has 0 bridgehead atoms. The third-order valence-electron chi connectivity index (χ3n) is 4.75. The fourth-order valence-corrected chi connectivity index (χ4v) is 2.77. The second-order valence-electron chi connectivity index (χ2n) is 8.11. The predicted octanol–water partition coefficient (Wildman–Crippen LogP) is 6.84. The van der Waals surface area contributed by atoms with Crippen molar-refractivity contribution in [1.29, 1.82) is 0 Å². The quantitative estimate of drug-likeness (QED) is 0.393. The van der Waals surface area contributed by atoms with Crippen LogP contribution in [0.4, 0.5) is 5.69 Å². The van der Waals surface area contributed by atoms with Gasteiger partial charge >= 0.3 is 0 Å². The Morgan fingerprint density at radius 2 is 1.39 bits per heavy atom. The highest BCUT2D eigenvalue weighted by Gasteiger charge is 2.13. The van der Waals surface area contributed by atoms with Crippen molar-refractivity contribution >= 4 is 11.9 Å². The van der Waals surface area contributed by atoms with Crippen LogP contribution in [-0.2, 0) is 5.41 Å². The maximum Gasteiger partial charge on any atom is 0.127 e. The highest BCUT2D eigenvalue weighted by atomic mass is 16.5. The zero-order chi connectivity index (χ0) is 20.1. The Bertz CT molecular complexity index is 949. The van der Waals surface area contributed by atoms with E-state index in [2.05, 4.69) is 69.4 Å². The largest absolute Gasteiger partial charge is 0.457 e. The van der Waals surface area contributed by atoms with Crippen LogP contribution in [0.2, 0.25) is 0 Å². The van der Waals surface area contributed by atoms with Gasteiger partial charge in [-0.15, -0.1) is 0 Å². The standard InChI is InChI=1S/C25H28N2O/c1-18-6-11-22(16-19(18)2)27-26-17-20-7-12-23(13-8-20)28-24-14-9-21(10-15-24)25(3,4)5/h6-17,27H,1-5H3. The van der Waals surface area contributed by atoms with Gasteiger partial charge in [-0.1, -0.05) is 39.0 Å². The second-order valence-corrected chi connectivity index (χ2v) is 8.11. The van der Waals surface area contributed by atoms with Crippen LogP contribution in [0.5, 0.6) is 11.5 Å². The zero-order valence-electron chi connectivity index (χ0n) is 17.3. The van der Waals surface area contributed by atoms with Gasteiger partial charge in [-0.05, 0) is 90.0 Å². The van der Waals surface area contributed by atoms with Gasteiger partial charge in [0, 0.05) is 0 Å². The number of anilines is 1. The van der Waals surface area contributed by atoms with Crippen molar-refractivity contribution in [1.82, 2.24) is 0 Å². The van der Waals surface area contributed by atoms with E-state index in [1.165, 1.54) is 16.7 Å². The van der Waals surface area contributed by atoms with Gasteiger partial charge < -0.3 is 4.74 Å². The zero-order valence-corrected chi connectivity index (χ0v) is 17.3. The monoisotopic (exact) mass is 372 g/mol. The van der Waals surface area contributed by atoms with Crippen molar-refractivity contribution in [2.24, 2.45) is 5.10 Å². The van der Waals surface area contributed by atoms with E-state index in [1.807, 2.05) is 42.5 Å². The van der Waals surface area contributed by atoms with Crippen LogP contribution in [0.3, 0.4) is 0 Å². The first-order valence-electron chi connectivity index (χ1n) is 9.56. The van der Waals surface area contributed by atoms with Crippen LogP contribution in [-0.4, -0.2) is 6.21 Å². The minimum Gasteiger partial charge on any atom is -0.457 e. The molecule has 0 saturated carbocycles.